The molecule has 1 fully saturated rings. The molecule has 1 aliphatic heterocycles. The molecule has 1 atom stereocenters. The summed E-state index contributed by atoms with van der Waals surface area (Å²) in [4.78, 5) is 2.55. The highest BCUT2D eigenvalue weighted by Gasteiger charge is 2.21. The molecule has 1 aliphatic rings. The molecule has 0 bridgehead atoms. The Morgan fingerprint density at radius 3 is 2.94 bits per heavy atom. The van der Waals surface area contributed by atoms with Crippen LogP contribution in [0.5, 0.6) is 0 Å². The predicted molar refractivity (Wildman–Crippen MR) is 75.7 cm³/mol. The van der Waals surface area contributed by atoms with Crippen LogP contribution in [0.25, 0.3) is 0 Å². The van der Waals surface area contributed by atoms with E-state index >= 15 is 0 Å². The average Bonchev–Trinajstić information content (AvgIpc) is 2.80. The molecule has 0 unspecified atom stereocenters. The van der Waals surface area contributed by atoms with Crippen LogP contribution >= 0.6 is 0 Å². The lowest BCUT2D eigenvalue weighted by Gasteiger charge is -2.16. The minimum atomic E-state index is 0.349. The molecule has 0 amide bonds. The zero-order valence-electron chi connectivity index (χ0n) is 11.4. The molecule has 1 saturated heterocycles. The van der Waals surface area contributed by atoms with Crippen LogP contribution in [0.2, 0.25) is 0 Å². The summed E-state index contributed by atoms with van der Waals surface area (Å²) in [6, 6.07) is 8.69. The smallest absolute Gasteiger partial charge is 0.0434 e. The lowest BCUT2D eigenvalue weighted by atomic mass is 10.0. The number of aliphatic hydroxyl groups excluding tert-OH is 1. The maximum Gasteiger partial charge on any atom is 0.0434 e. The molecule has 0 radical (unpaired) electrons. The van der Waals surface area contributed by atoms with Crippen LogP contribution in [0.15, 0.2) is 24.3 Å². The zero-order valence-corrected chi connectivity index (χ0v) is 11.4. The van der Waals surface area contributed by atoms with Gasteiger partial charge >= 0.3 is 0 Å². The van der Waals surface area contributed by atoms with Crippen molar-refractivity contribution in [3.05, 3.63) is 35.4 Å². The van der Waals surface area contributed by atoms with Crippen molar-refractivity contribution < 1.29 is 5.11 Å². The summed E-state index contributed by atoms with van der Waals surface area (Å²) in [6.07, 6.45) is 4.68. The topological polar surface area (TPSA) is 23.5 Å². The van der Waals surface area contributed by atoms with Gasteiger partial charge in [-0.25, -0.2) is 0 Å². The van der Waals surface area contributed by atoms with Crippen molar-refractivity contribution in [2.24, 2.45) is 5.92 Å². The number of likely N-dealkylation sites (tertiary alicyclic amines) is 1. The molecule has 18 heavy (non-hydrogen) atoms. The molecule has 0 aromatic heterocycles. The van der Waals surface area contributed by atoms with Crippen molar-refractivity contribution >= 4 is 0 Å². The lowest BCUT2D eigenvalue weighted by molar-refractivity contribution is 0.250. The molecule has 0 aliphatic carbocycles. The van der Waals surface area contributed by atoms with Crippen molar-refractivity contribution in [3.8, 4) is 0 Å². The van der Waals surface area contributed by atoms with E-state index in [-0.39, 0.29) is 0 Å². The Balaban J connectivity index is 1.69. The van der Waals surface area contributed by atoms with Gasteiger partial charge in [0.15, 0.2) is 0 Å². The third-order valence-electron chi connectivity index (χ3n) is 4.09. The van der Waals surface area contributed by atoms with Gasteiger partial charge in [0.1, 0.15) is 0 Å². The SMILES string of the molecule is Cc1ccccc1CCCN1CC[C@@H](CCO)C1. The fourth-order valence-electron chi connectivity index (χ4n) is 2.92. The third-order valence-corrected chi connectivity index (χ3v) is 4.09. The Hall–Kier alpha value is -0.860. The minimum Gasteiger partial charge on any atom is -0.396 e. The van der Waals surface area contributed by atoms with Gasteiger partial charge in [0.2, 0.25) is 0 Å². The molecule has 2 nitrogen and oxygen atoms in total. The van der Waals surface area contributed by atoms with Crippen LogP contribution in [0.3, 0.4) is 0 Å². The molecule has 2 rings (SSSR count). The Bertz CT molecular complexity index is 364. The monoisotopic (exact) mass is 247 g/mol. The van der Waals surface area contributed by atoms with Crippen molar-refractivity contribution in [1.29, 1.82) is 0 Å². The summed E-state index contributed by atoms with van der Waals surface area (Å²) < 4.78 is 0. The molecule has 1 aromatic rings. The van der Waals surface area contributed by atoms with Gasteiger partial charge in [0, 0.05) is 13.2 Å². The number of hydrogen-bond acceptors (Lipinski definition) is 2. The van der Waals surface area contributed by atoms with Gasteiger partial charge in [0.25, 0.3) is 0 Å². The molecule has 2 heteroatoms. The zero-order chi connectivity index (χ0) is 12.8. The van der Waals surface area contributed by atoms with Crippen LogP contribution in [0.1, 0.15) is 30.4 Å². The number of nitrogens with zero attached hydrogens (tertiary/aromatic N) is 1. The molecule has 1 N–H and O–H groups in total. The Kier molecular flexibility index (Phi) is 5.21. The fourth-order valence-corrected chi connectivity index (χ4v) is 2.92. The summed E-state index contributed by atoms with van der Waals surface area (Å²) in [7, 11) is 0. The Labute approximate surface area is 111 Å². The third kappa shape index (κ3) is 3.82. The van der Waals surface area contributed by atoms with Crippen LogP contribution < -0.4 is 0 Å². The van der Waals surface area contributed by atoms with Crippen molar-refractivity contribution in [2.45, 2.75) is 32.6 Å². The van der Waals surface area contributed by atoms with Gasteiger partial charge in [-0.2, -0.15) is 0 Å². The molecule has 1 heterocycles. The average molecular weight is 247 g/mol. The van der Waals surface area contributed by atoms with E-state index in [2.05, 4.69) is 36.1 Å². The second kappa shape index (κ2) is 6.91. The van der Waals surface area contributed by atoms with Gasteiger partial charge in [-0.15, -0.1) is 0 Å². The van der Waals surface area contributed by atoms with Crippen LogP contribution in [-0.4, -0.2) is 36.2 Å². The second-order valence-corrected chi connectivity index (χ2v) is 5.50. The highest BCUT2D eigenvalue weighted by atomic mass is 16.3. The minimum absolute atomic E-state index is 0.349. The number of benzene rings is 1. The highest BCUT2D eigenvalue weighted by Crippen LogP contribution is 2.19. The first-order valence-corrected chi connectivity index (χ1v) is 7.17. The first kappa shape index (κ1) is 13.6. The Morgan fingerprint density at radius 1 is 1.33 bits per heavy atom. The highest BCUT2D eigenvalue weighted by molar-refractivity contribution is 5.25. The van der Waals surface area contributed by atoms with Crippen LogP contribution in [-0.2, 0) is 6.42 Å². The molecular weight excluding hydrogens is 222 g/mol. The van der Waals surface area contributed by atoms with E-state index in [4.69, 9.17) is 5.11 Å². The summed E-state index contributed by atoms with van der Waals surface area (Å²) >= 11 is 0. The molecule has 100 valence electrons. The second-order valence-electron chi connectivity index (χ2n) is 5.50. The van der Waals surface area contributed by atoms with Gasteiger partial charge in [-0.1, -0.05) is 24.3 Å². The number of aliphatic hydroxyl groups is 1. The summed E-state index contributed by atoms with van der Waals surface area (Å²) in [5.74, 6) is 0.730. The maximum atomic E-state index is 8.95. The van der Waals surface area contributed by atoms with E-state index in [1.807, 2.05) is 0 Å². The fraction of sp³-hybridized carbons (Fsp3) is 0.625. The summed E-state index contributed by atoms with van der Waals surface area (Å²) in [5.41, 5.74) is 2.90. The van der Waals surface area contributed by atoms with Gasteiger partial charge in [-0.3, -0.25) is 0 Å². The molecule has 1 aromatic carbocycles. The maximum absolute atomic E-state index is 8.95. The molecule has 0 spiro atoms. The standard InChI is InChI=1S/C16H25NO/c1-14-5-2-3-6-16(14)7-4-10-17-11-8-15(13-17)9-12-18/h2-3,5-6,15,18H,4,7-13H2,1H3/t15-/m0/s1. The first-order valence-electron chi connectivity index (χ1n) is 7.17. The van der Waals surface area contributed by atoms with Crippen molar-refractivity contribution in [3.63, 3.8) is 0 Å². The summed E-state index contributed by atoms with van der Waals surface area (Å²) in [5, 5.41) is 8.95. The number of rotatable bonds is 6. The van der Waals surface area contributed by atoms with Crippen molar-refractivity contribution in [1.82, 2.24) is 4.90 Å². The number of hydrogen-bond donors (Lipinski definition) is 1. The number of aryl methyl sites for hydroxylation is 2. The first-order chi connectivity index (χ1) is 8.79. The van der Waals surface area contributed by atoms with E-state index in [1.165, 1.54) is 50.0 Å². The molecular formula is C16H25NO. The van der Waals surface area contributed by atoms with E-state index in [0.29, 0.717) is 6.61 Å². The largest absolute Gasteiger partial charge is 0.396 e. The van der Waals surface area contributed by atoms with Gasteiger partial charge in [-0.05, 0) is 62.7 Å². The molecule has 0 saturated carbocycles. The lowest BCUT2D eigenvalue weighted by Crippen LogP contribution is -2.22. The summed E-state index contributed by atoms with van der Waals surface area (Å²) in [6.45, 7) is 6.16. The van der Waals surface area contributed by atoms with E-state index in [9.17, 15) is 0 Å². The Morgan fingerprint density at radius 2 is 2.17 bits per heavy atom. The van der Waals surface area contributed by atoms with E-state index in [0.717, 1.165) is 12.3 Å². The predicted octanol–water partition coefficient (Wildman–Crippen LogP) is 2.63. The van der Waals surface area contributed by atoms with E-state index < -0.39 is 0 Å². The van der Waals surface area contributed by atoms with Crippen molar-refractivity contribution in [2.75, 3.05) is 26.2 Å². The normalized spacial score (nSPS) is 20.4. The van der Waals surface area contributed by atoms with Crippen LogP contribution in [0.4, 0.5) is 0 Å². The van der Waals surface area contributed by atoms with Gasteiger partial charge < -0.3 is 10.0 Å². The van der Waals surface area contributed by atoms with Crippen LogP contribution in [0, 0.1) is 12.8 Å². The quantitative estimate of drug-likeness (QED) is 0.835. The van der Waals surface area contributed by atoms with Gasteiger partial charge in [0.05, 0.1) is 0 Å². The van der Waals surface area contributed by atoms with E-state index in [1.54, 1.807) is 0 Å².